The van der Waals surface area contributed by atoms with Crippen molar-refractivity contribution in [2.75, 3.05) is 5.32 Å². The Kier molecular flexibility index (Phi) is 3.57. The third kappa shape index (κ3) is 2.98. The number of anilines is 1. The van der Waals surface area contributed by atoms with E-state index in [9.17, 15) is 4.79 Å². The lowest BCUT2D eigenvalue weighted by Gasteiger charge is -2.11. The molecule has 1 heterocycles. The summed E-state index contributed by atoms with van der Waals surface area (Å²) in [5, 5.41) is 7.05. The van der Waals surface area contributed by atoms with E-state index in [4.69, 9.17) is 11.6 Å². The van der Waals surface area contributed by atoms with Crippen molar-refractivity contribution in [3.05, 3.63) is 23.2 Å². The fourth-order valence-corrected chi connectivity index (χ4v) is 3.48. The second kappa shape index (κ2) is 5.35. The van der Waals surface area contributed by atoms with Crippen molar-refractivity contribution in [3.8, 4) is 0 Å². The molecule has 0 bridgehead atoms. The van der Waals surface area contributed by atoms with Crippen molar-refractivity contribution in [3.63, 3.8) is 0 Å². The SMILES string of the molecule is O=C(Nc1nc2ccc(Cl)cc2s1)NC1CCCC1. The van der Waals surface area contributed by atoms with Crippen LogP contribution in [0.1, 0.15) is 25.7 Å². The maximum atomic E-state index is 11.8. The fourth-order valence-electron chi connectivity index (χ4n) is 2.34. The van der Waals surface area contributed by atoms with Crippen LogP contribution in [0.25, 0.3) is 10.2 Å². The molecule has 0 saturated heterocycles. The van der Waals surface area contributed by atoms with E-state index >= 15 is 0 Å². The second-order valence-corrected chi connectivity index (χ2v) is 6.18. The van der Waals surface area contributed by atoms with E-state index in [0.717, 1.165) is 23.1 Å². The molecule has 0 unspecified atom stereocenters. The number of urea groups is 1. The van der Waals surface area contributed by atoms with Crippen LogP contribution in [0.5, 0.6) is 0 Å². The average Bonchev–Trinajstić information content (AvgIpc) is 2.97. The fraction of sp³-hybridized carbons (Fsp3) is 0.385. The lowest BCUT2D eigenvalue weighted by molar-refractivity contribution is 0.248. The standard InChI is InChI=1S/C13H14ClN3OS/c14-8-5-6-10-11(7-8)19-13(16-10)17-12(18)15-9-3-1-2-4-9/h5-7,9H,1-4H2,(H2,15,16,17,18). The van der Waals surface area contributed by atoms with Gasteiger partial charge < -0.3 is 5.32 Å². The van der Waals surface area contributed by atoms with E-state index in [1.54, 1.807) is 6.07 Å². The number of carbonyl (C=O) groups excluding carboxylic acids is 1. The predicted octanol–water partition coefficient (Wildman–Crippen LogP) is 4.01. The van der Waals surface area contributed by atoms with Crippen LogP contribution in [0.4, 0.5) is 9.93 Å². The Morgan fingerprint density at radius 3 is 2.95 bits per heavy atom. The third-order valence-electron chi connectivity index (χ3n) is 3.26. The highest BCUT2D eigenvalue weighted by molar-refractivity contribution is 7.22. The highest BCUT2D eigenvalue weighted by Crippen LogP contribution is 2.28. The number of benzene rings is 1. The molecule has 4 nitrogen and oxygen atoms in total. The first-order valence-electron chi connectivity index (χ1n) is 6.34. The number of halogens is 1. The first-order chi connectivity index (χ1) is 9.20. The zero-order chi connectivity index (χ0) is 13.2. The quantitative estimate of drug-likeness (QED) is 0.879. The van der Waals surface area contributed by atoms with Crippen LogP contribution < -0.4 is 10.6 Å². The van der Waals surface area contributed by atoms with Crippen molar-refractivity contribution in [2.45, 2.75) is 31.7 Å². The van der Waals surface area contributed by atoms with Crippen LogP contribution in [0.3, 0.4) is 0 Å². The van der Waals surface area contributed by atoms with Gasteiger partial charge >= 0.3 is 6.03 Å². The molecule has 0 aliphatic heterocycles. The smallest absolute Gasteiger partial charge is 0.321 e. The summed E-state index contributed by atoms with van der Waals surface area (Å²) in [4.78, 5) is 16.2. The molecule has 3 rings (SSSR count). The Bertz CT molecular complexity index is 607. The lowest BCUT2D eigenvalue weighted by Crippen LogP contribution is -2.36. The molecule has 1 aromatic heterocycles. The molecular formula is C13H14ClN3OS. The van der Waals surface area contributed by atoms with E-state index in [-0.39, 0.29) is 6.03 Å². The van der Waals surface area contributed by atoms with Crippen molar-refractivity contribution in [1.82, 2.24) is 10.3 Å². The molecule has 0 spiro atoms. The molecule has 2 amide bonds. The van der Waals surface area contributed by atoms with Gasteiger partial charge in [0.25, 0.3) is 0 Å². The minimum Gasteiger partial charge on any atom is -0.335 e. The van der Waals surface area contributed by atoms with Crippen molar-refractivity contribution in [2.24, 2.45) is 0 Å². The molecule has 1 aliphatic rings. The van der Waals surface area contributed by atoms with Crippen LogP contribution in [-0.4, -0.2) is 17.1 Å². The van der Waals surface area contributed by atoms with Gasteiger partial charge in [-0.2, -0.15) is 0 Å². The summed E-state index contributed by atoms with van der Waals surface area (Å²) in [5.74, 6) is 0. The van der Waals surface area contributed by atoms with Gasteiger partial charge in [-0.1, -0.05) is 35.8 Å². The van der Waals surface area contributed by atoms with Gasteiger partial charge in [0.1, 0.15) is 0 Å². The predicted molar refractivity (Wildman–Crippen MR) is 79.0 cm³/mol. The number of amides is 2. The van der Waals surface area contributed by atoms with E-state index in [1.807, 2.05) is 12.1 Å². The Hall–Kier alpha value is -1.33. The van der Waals surface area contributed by atoms with Crippen molar-refractivity contribution < 1.29 is 4.79 Å². The van der Waals surface area contributed by atoms with Crippen molar-refractivity contribution >= 4 is 44.3 Å². The number of thiazole rings is 1. The number of carbonyl (C=O) groups is 1. The molecule has 1 aromatic carbocycles. The summed E-state index contributed by atoms with van der Waals surface area (Å²) < 4.78 is 0.976. The lowest BCUT2D eigenvalue weighted by atomic mass is 10.3. The van der Waals surface area contributed by atoms with E-state index in [0.29, 0.717) is 16.2 Å². The summed E-state index contributed by atoms with van der Waals surface area (Å²) in [6.45, 7) is 0. The third-order valence-corrected chi connectivity index (χ3v) is 4.43. The maximum absolute atomic E-state index is 11.8. The number of rotatable bonds is 2. The van der Waals surface area contributed by atoms with Gasteiger partial charge in [-0.25, -0.2) is 9.78 Å². The van der Waals surface area contributed by atoms with Crippen LogP contribution in [0.15, 0.2) is 18.2 Å². The molecule has 2 aromatic rings. The van der Waals surface area contributed by atoms with E-state index in [1.165, 1.54) is 24.2 Å². The Morgan fingerprint density at radius 1 is 1.37 bits per heavy atom. The summed E-state index contributed by atoms with van der Waals surface area (Å²) >= 11 is 7.36. The Labute approximate surface area is 120 Å². The minimum absolute atomic E-state index is 0.169. The number of hydrogen-bond acceptors (Lipinski definition) is 3. The molecule has 100 valence electrons. The van der Waals surface area contributed by atoms with Gasteiger partial charge in [0, 0.05) is 11.1 Å². The number of aromatic nitrogens is 1. The Morgan fingerprint density at radius 2 is 2.16 bits per heavy atom. The molecule has 0 atom stereocenters. The van der Waals surface area contributed by atoms with Gasteiger partial charge in [0.2, 0.25) is 0 Å². The topological polar surface area (TPSA) is 54.0 Å². The van der Waals surface area contributed by atoms with Crippen LogP contribution in [-0.2, 0) is 0 Å². The molecule has 0 radical (unpaired) electrons. The summed E-state index contributed by atoms with van der Waals surface area (Å²) in [6.07, 6.45) is 4.54. The number of fused-ring (bicyclic) bond motifs is 1. The first-order valence-corrected chi connectivity index (χ1v) is 7.54. The summed E-state index contributed by atoms with van der Waals surface area (Å²) in [6, 6.07) is 5.65. The van der Waals surface area contributed by atoms with E-state index in [2.05, 4.69) is 15.6 Å². The van der Waals surface area contributed by atoms with Gasteiger partial charge in [-0.3, -0.25) is 5.32 Å². The molecular weight excluding hydrogens is 282 g/mol. The average molecular weight is 296 g/mol. The van der Waals surface area contributed by atoms with Crippen molar-refractivity contribution in [1.29, 1.82) is 0 Å². The Balaban J connectivity index is 1.68. The normalized spacial score (nSPS) is 15.8. The number of nitrogens with zero attached hydrogens (tertiary/aromatic N) is 1. The second-order valence-electron chi connectivity index (χ2n) is 4.71. The van der Waals surface area contributed by atoms with Gasteiger partial charge in [0.05, 0.1) is 10.2 Å². The molecule has 19 heavy (non-hydrogen) atoms. The maximum Gasteiger partial charge on any atom is 0.321 e. The number of nitrogens with one attached hydrogen (secondary N) is 2. The van der Waals surface area contributed by atoms with Crippen LogP contribution in [0, 0.1) is 0 Å². The zero-order valence-corrected chi connectivity index (χ0v) is 11.9. The van der Waals surface area contributed by atoms with Gasteiger partial charge in [-0.15, -0.1) is 0 Å². The van der Waals surface area contributed by atoms with Crippen LogP contribution >= 0.6 is 22.9 Å². The first kappa shape index (κ1) is 12.7. The molecule has 1 saturated carbocycles. The number of hydrogen-bond donors (Lipinski definition) is 2. The summed E-state index contributed by atoms with van der Waals surface area (Å²) in [5.41, 5.74) is 0.852. The largest absolute Gasteiger partial charge is 0.335 e. The highest BCUT2D eigenvalue weighted by Gasteiger charge is 2.17. The van der Waals surface area contributed by atoms with Gasteiger partial charge in [0.15, 0.2) is 5.13 Å². The molecule has 1 fully saturated rings. The van der Waals surface area contributed by atoms with E-state index < -0.39 is 0 Å². The zero-order valence-electron chi connectivity index (χ0n) is 10.3. The summed E-state index contributed by atoms with van der Waals surface area (Å²) in [7, 11) is 0. The highest BCUT2D eigenvalue weighted by atomic mass is 35.5. The van der Waals surface area contributed by atoms with Crippen LogP contribution in [0.2, 0.25) is 5.02 Å². The molecule has 6 heteroatoms. The molecule has 1 aliphatic carbocycles. The van der Waals surface area contributed by atoms with Gasteiger partial charge in [-0.05, 0) is 31.0 Å². The monoisotopic (exact) mass is 295 g/mol. The molecule has 2 N–H and O–H groups in total. The minimum atomic E-state index is -0.169.